The highest BCUT2D eigenvalue weighted by atomic mass is 16.5. The van der Waals surface area contributed by atoms with Crippen LogP contribution >= 0.6 is 0 Å². The van der Waals surface area contributed by atoms with Gasteiger partial charge in [-0.3, -0.25) is 0 Å². The number of rotatable bonds is 1. The summed E-state index contributed by atoms with van der Waals surface area (Å²) in [5, 5.41) is 2.88. The van der Waals surface area contributed by atoms with Crippen molar-refractivity contribution in [2.45, 2.75) is 31.8 Å². The Labute approximate surface area is 125 Å². The van der Waals surface area contributed by atoms with Crippen molar-refractivity contribution >= 4 is 12.1 Å². The van der Waals surface area contributed by atoms with Crippen LogP contribution in [0.15, 0.2) is 30.3 Å². The average molecular weight is 286 g/mol. The van der Waals surface area contributed by atoms with Crippen molar-refractivity contribution in [3.05, 3.63) is 35.9 Å². The molecule has 0 aromatic heterocycles. The molecular formula is C17H22N2O2. The third kappa shape index (κ3) is 2.89. The van der Waals surface area contributed by atoms with Crippen molar-refractivity contribution in [3.8, 4) is 5.75 Å². The molecule has 1 N–H and O–H groups in total. The number of para-hydroxylation sites is 1. The Balaban J connectivity index is 1.72. The van der Waals surface area contributed by atoms with E-state index in [2.05, 4.69) is 23.5 Å². The van der Waals surface area contributed by atoms with Crippen molar-refractivity contribution in [2.75, 3.05) is 19.6 Å². The van der Waals surface area contributed by atoms with Crippen LogP contribution in [-0.2, 0) is 0 Å². The Kier molecular flexibility index (Phi) is 3.86. The summed E-state index contributed by atoms with van der Waals surface area (Å²) >= 11 is 0. The average Bonchev–Trinajstić information content (AvgIpc) is 2.70. The Morgan fingerprint density at radius 2 is 2.19 bits per heavy atom. The molecule has 1 aromatic carbocycles. The minimum Gasteiger partial charge on any atom is -0.483 e. The SMILES string of the molecule is CCNC(=O)N1CCCC2(C=Cc3ccccc3O2)CC1. The number of hydrogen-bond acceptors (Lipinski definition) is 2. The van der Waals surface area contributed by atoms with Crippen LogP contribution in [0, 0.1) is 0 Å². The van der Waals surface area contributed by atoms with E-state index in [0.717, 1.165) is 43.7 Å². The van der Waals surface area contributed by atoms with Gasteiger partial charge < -0.3 is 15.0 Å². The number of nitrogens with zero attached hydrogens (tertiary/aromatic N) is 1. The highest BCUT2D eigenvalue weighted by molar-refractivity contribution is 5.74. The number of urea groups is 1. The molecular weight excluding hydrogens is 264 g/mol. The maximum Gasteiger partial charge on any atom is 0.317 e. The van der Waals surface area contributed by atoms with E-state index in [4.69, 9.17) is 4.74 Å². The van der Waals surface area contributed by atoms with Gasteiger partial charge in [0.25, 0.3) is 0 Å². The zero-order valence-corrected chi connectivity index (χ0v) is 12.5. The van der Waals surface area contributed by atoms with Crippen LogP contribution < -0.4 is 10.1 Å². The summed E-state index contributed by atoms with van der Waals surface area (Å²) in [7, 11) is 0. The second-order valence-electron chi connectivity index (χ2n) is 5.71. The van der Waals surface area contributed by atoms with Crippen molar-refractivity contribution in [1.82, 2.24) is 10.2 Å². The molecule has 0 saturated carbocycles. The molecule has 2 amide bonds. The van der Waals surface area contributed by atoms with E-state index in [9.17, 15) is 4.79 Å². The smallest absolute Gasteiger partial charge is 0.317 e. The molecule has 1 unspecified atom stereocenters. The number of hydrogen-bond donors (Lipinski definition) is 1. The molecule has 2 aliphatic heterocycles. The van der Waals surface area contributed by atoms with Crippen LogP contribution in [0.2, 0.25) is 0 Å². The van der Waals surface area contributed by atoms with Gasteiger partial charge in [-0.25, -0.2) is 4.79 Å². The highest BCUT2D eigenvalue weighted by Gasteiger charge is 2.35. The van der Waals surface area contributed by atoms with Crippen LogP contribution in [0.1, 0.15) is 31.7 Å². The minimum absolute atomic E-state index is 0.0368. The molecule has 1 atom stereocenters. The molecule has 1 fully saturated rings. The largest absolute Gasteiger partial charge is 0.483 e. The minimum atomic E-state index is -0.254. The molecule has 112 valence electrons. The Morgan fingerprint density at radius 1 is 1.33 bits per heavy atom. The molecule has 4 nitrogen and oxygen atoms in total. The monoisotopic (exact) mass is 286 g/mol. The van der Waals surface area contributed by atoms with E-state index in [1.165, 1.54) is 0 Å². The van der Waals surface area contributed by atoms with Gasteiger partial charge in [0.05, 0.1) is 0 Å². The summed E-state index contributed by atoms with van der Waals surface area (Å²) in [5.41, 5.74) is 0.878. The number of ether oxygens (including phenoxy) is 1. The Bertz CT molecular complexity index is 555. The van der Waals surface area contributed by atoms with Crippen LogP contribution in [0.4, 0.5) is 4.79 Å². The predicted octanol–water partition coefficient (Wildman–Crippen LogP) is 3.05. The molecule has 0 aliphatic carbocycles. The quantitative estimate of drug-likeness (QED) is 0.862. The van der Waals surface area contributed by atoms with E-state index >= 15 is 0 Å². The third-order valence-corrected chi connectivity index (χ3v) is 4.25. The molecule has 1 aromatic rings. The topological polar surface area (TPSA) is 41.6 Å². The van der Waals surface area contributed by atoms with Gasteiger partial charge in [-0.15, -0.1) is 0 Å². The second-order valence-corrected chi connectivity index (χ2v) is 5.71. The maximum atomic E-state index is 12.0. The fourth-order valence-corrected chi connectivity index (χ4v) is 3.07. The molecule has 0 radical (unpaired) electrons. The molecule has 2 heterocycles. The van der Waals surface area contributed by atoms with Gasteiger partial charge in [-0.2, -0.15) is 0 Å². The molecule has 1 spiro atoms. The first-order valence-electron chi connectivity index (χ1n) is 7.72. The zero-order chi connectivity index (χ0) is 14.7. The van der Waals surface area contributed by atoms with Crippen molar-refractivity contribution in [3.63, 3.8) is 0 Å². The van der Waals surface area contributed by atoms with Crippen LogP contribution in [0.25, 0.3) is 6.08 Å². The molecule has 21 heavy (non-hydrogen) atoms. The number of carbonyl (C=O) groups excluding carboxylic acids is 1. The first-order valence-corrected chi connectivity index (χ1v) is 7.72. The Hall–Kier alpha value is -1.97. The number of fused-ring (bicyclic) bond motifs is 1. The lowest BCUT2D eigenvalue weighted by Crippen LogP contribution is -2.42. The highest BCUT2D eigenvalue weighted by Crippen LogP contribution is 2.36. The van der Waals surface area contributed by atoms with Gasteiger partial charge in [0.2, 0.25) is 0 Å². The molecule has 0 bridgehead atoms. The normalized spacial score (nSPS) is 24.1. The van der Waals surface area contributed by atoms with E-state index in [-0.39, 0.29) is 11.6 Å². The molecule has 2 aliphatic rings. The lowest BCUT2D eigenvalue weighted by Gasteiger charge is -2.34. The summed E-state index contributed by atoms with van der Waals surface area (Å²) in [6.45, 7) is 4.15. The van der Waals surface area contributed by atoms with Gasteiger partial charge in [-0.05, 0) is 31.9 Å². The lowest BCUT2D eigenvalue weighted by atomic mass is 9.91. The summed E-state index contributed by atoms with van der Waals surface area (Å²) in [6.07, 6.45) is 7.09. The van der Waals surface area contributed by atoms with E-state index in [0.29, 0.717) is 6.54 Å². The number of nitrogens with one attached hydrogen (secondary N) is 1. The summed E-state index contributed by atoms with van der Waals surface area (Å²) in [4.78, 5) is 13.9. The number of likely N-dealkylation sites (tertiary alicyclic amines) is 1. The second kappa shape index (κ2) is 5.80. The van der Waals surface area contributed by atoms with Crippen LogP contribution in [-0.4, -0.2) is 36.2 Å². The van der Waals surface area contributed by atoms with Gasteiger partial charge in [0.15, 0.2) is 0 Å². The number of carbonyl (C=O) groups is 1. The first kappa shape index (κ1) is 14.0. The Morgan fingerprint density at radius 3 is 3.05 bits per heavy atom. The van der Waals surface area contributed by atoms with Crippen LogP contribution in [0.3, 0.4) is 0 Å². The third-order valence-electron chi connectivity index (χ3n) is 4.25. The maximum absolute atomic E-state index is 12.0. The van der Waals surface area contributed by atoms with Gasteiger partial charge in [0, 0.05) is 31.6 Å². The zero-order valence-electron chi connectivity index (χ0n) is 12.5. The van der Waals surface area contributed by atoms with E-state index in [1.54, 1.807) is 0 Å². The van der Waals surface area contributed by atoms with Crippen molar-refractivity contribution in [1.29, 1.82) is 0 Å². The standard InChI is InChI=1S/C17H22N2O2/c1-2-18-16(20)19-12-5-9-17(11-13-19)10-8-14-6-3-4-7-15(14)21-17/h3-4,6-8,10H,2,5,9,11-13H2,1H3,(H,18,20). The lowest BCUT2D eigenvalue weighted by molar-refractivity contribution is 0.101. The molecule has 3 rings (SSSR count). The van der Waals surface area contributed by atoms with E-state index < -0.39 is 0 Å². The molecule has 4 heteroatoms. The summed E-state index contributed by atoms with van der Waals surface area (Å²) < 4.78 is 6.28. The summed E-state index contributed by atoms with van der Waals surface area (Å²) in [6, 6.07) is 8.15. The summed E-state index contributed by atoms with van der Waals surface area (Å²) in [5.74, 6) is 0.950. The van der Waals surface area contributed by atoms with E-state index in [1.807, 2.05) is 30.0 Å². The fraction of sp³-hybridized carbons (Fsp3) is 0.471. The fourth-order valence-electron chi connectivity index (χ4n) is 3.07. The van der Waals surface area contributed by atoms with Gasteiger partial charge in [-0.1, -0.05) is 24.3 Å². The number of benzene rings is 1. The first-order chi connectivity index (χ1) is 10.2. The van der Waals surface area contributed by atoms with Crippen molar-refractivity contribution < 1.29 is 9.53 Å². The van der Waals surface area contributed by atoms with Gasteiger partial charge >= 0.3 is 6.03 Å². The van der Waals surface area contributed by atoms with Gasteiger partial charge in [0.1, 0.15) is 11.4 Å². The van der Waals surface area contributed by atoms with Crippen LogP contribution in [0.5, 0.6) is 5.75 Å². The predicted molar refractivity (Wildman–Crippen MR) is 83.3 cm³/mol. The number of amides is 2. The van der Waals surface area contributed by atoms with Crippen molar-refractivity contribution in [2.24, 2.45) is 0 Å². The molecule has 1 saturated heterocycles.